The van der Waals surface area contributed by atoms with Gasteiger partial charge >= 0.3 is 0 Å². The lowest BCUT2D eigenvalue weighted by Crippen LogP contribution is -2.21. The SMILES string of the molecule is C=C(C)OC(C)(C)c1ccc(C(C)(C)O)cc1. The molecule has 0 saturated carbocycles. The molecule has 0 aliphatic heterocycles. The van der Waals surface area contributed by atoms with Crippen LogP contribution in [0.25, 0.3) is 0 Å². The molecule has 2 nitrogen and oxygen atoms in total. The van der Waals surface area contributed by atoms with Gasteiger partial charge in [-0.15, -0.1) is 0 Å². The second-order valence-electron chi connectivity index (χ2n) is 5.45. The highest BCUT2D eigenvalue weighted by Crippen LogP contribution is 2.29. The molecule has 2 heteroatoms. The van der Waals surface area contributed by atoms with Crippen molar-refractivity contribution in [2.24, 2.45) is 0 Å². The van der Waals surface area contributed by atoms with Crippen molar-refractivity contribution in [3.05, 3.63) is 47.7 Å². The van der Waals surface area contributed by atoms with Crippen LogP contribution in [0.5, 0.6) is 0 Å². The predicted molar refractivity (Wildman–Crippen MR) is 70.6 cm³/mol. The number of rotatable bonds is 4. The normalized spacial score (nSPS) is 12.4. The second kappa shape index (κ2) is 4.53. The first-order chi connectivity index (χ1) is 7.63. The van der Waals surface area contributed by atoms with Crippen molar-refractivity contribution in [2.45, 2.75) is 45.8 Å². The third-order valence-corrected chi connectivity index (χ3v) is 2.72. The quantitative estimate of drug-likeness (QED) is 0.805. The predicted octanol–water partition coefficient (Wildman–Crippen LogP) is 3.70. The van der Waals surface area contributed by atoms with Crippen LogP contribution in [0.4, 0.5) is 0 Å². The third kappa shape index (κ3) is 3.60. The monoisotopic (exact) mass is 234 g/mol. The van der Waals surface area contributed by atoms with Gasteiger partial charge in [-0.1, -0.05) is 30.8 Å². The molecule has 0 unspecified atom stereocenters. The Hall–Kier alpha value is -1.28. The summed E-state index contributed by atoms with van der Waals surface area (Å²) in [6.07, 6.45) is 0. The van der Waals surface area contributed by atoms with Crippen LogP contribution in [-0.4, -0.2) is 5.11 Å². The molecule has 1 aromatic carbocycles. The largest absolute Gasteiger partial charge is 0.488 e. The van der Waals surface area contributed by atoms with Gasteiger partial charge < -0.3 is 9.84 Å². The number of aliphatic hydroxyl groups is 1. The van der Waals surface area contributed by atoms with Crippen molar-refractivity contribution >= 4 is 0 Å². The molecular weight excluding hydrogens is 212 g/mol. The van der Waals surface area contributed by atoms with Crippen molar-refractivity contribution in [2.75, 3.05) is 0 Å². The lowest BCUT2D eigenvalue weighted by atomic mass is 9.92. The first-order valence-corrected chi connectivity index (χ1v) is 5.81. The molecule has 1 rings (SSSR count). The van der Waals surface area contributed by atoms with Crippen LogP contribution >= 0.6 is 0 Å². The molecule has 17 heavy (non-hydrogen) atoms. The van der Waals surface area contributed by atoms with Crippen molar-refractivity contribution in [3.63, 3.8) is 0 Å². The Balaban J connectivity index is 2.98. The average molecular weight is 234 g/mol. The second-order valence-corrected chi connectivity index (χ2v) is 5.45. The van der Waals surface area contributed by atoms with E-state index >= 15 is 0 Å². The Morgan fingerprint density at radius 2 is 1.47 bits per heavy atom. The summed E-state index contributed by atoms with van der Waals surface area (Å²) in [6, 6.07) is 7.82. The Kier molecular flexibility index (Phi) is 3.68. The highest BCUT2D eigenvalue weighted by Gasteiger charge is 2.23. The molecule has 0 aliphatic carbocycles. The number of ether oxygens (including phenoxy) is 1. The fraction of sp³-hybridized carbons (Fsp3) is 0.467. The zero-order valence-corrected chi connectivity index (χ0v) is 11.4. The highest BCUT2D eigenvalue weighted by molar-refractivity contribution is 5.29. The number of benzene rings is 1. The lowest BCUT2D eigenvalue weighted by molar-refractivity contribution is 0.0334. The number of hydrogen-bond acceptors (Lipinski definition) is 2. The molecular formula is C15H22O2. The number of hydrogen-bond donors (Lipinski definition) is 1. The van der Waals surface area contributed by atoms with Gasteiger partial charge in [-0.05, 0) is 45.7 Å². The Labute approximate surface area is 104 Å². The Bertz CT molecular complexity index is 394. The van der Waals surface area contributed by atoms with E-state index in [1.807, 2.05) is 45.0 Å². The van der Waals surface area contributed by atoms with E-state index in [2.05, 4.69) is 6.58 Å². The van der Waals surface area contributed by atoms with Crippen molar-refractivity contribution in [1.29, 1.82) is 0 Å². The molecule has 0 aromatic heterocycles. The average Bonchev–Trinajstić information content (AvgIpc) is 2.14. The van der Waals surface area contributed by atoms with Crippen LogP contribution in [0.15, 0.2) is 36.6 Å². The van der Waals surface area contributed by atoms with E-state index in [0.717, 1.165) is 11.1 Å². The molecule has 0 atom stereocenters. The zero-order valence-electron chi connectivity index (χ0n) is 11.4. The summed E-state index contributed by atoms with van der Waals surface area (Å²) in [7, 11) is 0. The van der Waals surface area contributed by atoms with Gasteiger partial charge in [0.05, 0.1) is 11.4 Å². The molecule has 0 fully saturated rings. The summed E-state index contributed by atoms with van der Waals surface area (Å²) >= 11 is 0. The number of allylic oxidation sites excluding steroid dienone is 1. The highest BCUT2D eigenvalue weighted by atomic mass is 16.5. The first kappa shape index (κ1) is 13.8. The van der Waals surface area contributed by atoms with Crippen LogP contribution in [0.3, 0.4) is 0 Å². The van der Waals surface area contributed by atoms with Gasteiger partial charge in [0.25, 0.3) is 0 Å². The minimum atomic E-state index is -0.808. The summed E-state index contributed by atoms with van der Waals surface area (Å²) in [4.78, 5) is 0. The smallest absolute Gasteiger partial charge is 0.128 e. The topological polar surface area (TPSA) is 29.5 Å². The van der Waals surface area contributed by atoms with Crippen molar-refractivity contribution < 1.29 is 9.84 Å². The maximum absolute atomic E-state index is 9.88. The van der Waals surface area contributed by atoms with Gasteiger partial charge in [-0.2, -0.15) is 0 Å². The van der Waals surface area contributed by atoms with Crippen molar-refractivity contribution in [1.82, 2.24) is 0 Å². The molecule has 0 aliphatic rings. The summed E-state index contributed by atoms with van der Waals surface area (Å²) in [5.74, 6) is 0.696. The van der Waals surface area contributed by atoms with Gasteiger partial charge in [0, 0.05) is 0 Å². The van der Waals surface area contributed by atoms with E-state index in [1.165, 1.54) is 0 Å². The van der Waals surface area contributed by atoms with Crippen LogP contribution < -0.4 is 0 Å². The summed E-state index contributed by atoms with van der Waals surface area (Å²) in [6.45, 7) is 13.2. The van der Waals surface area contributed by atoms with Crippen LogP contribution in [0.2, 0.25) is 0 Å². The van der Waals surface area contributed by atoms with E-state index in [9.17, 15) is 5.11 Å². The molecule has 0 radical (unpaired) electrons. The minimum absolute atomic E-state index is 0.399. The Morgan fingerprint density at radius 1 is 1.06 bits per heavy atom. The van der Waals surface area contributed by atoms with Crippen LogP contribution in [0.1, 0.15) is 45.7 Å². The van der Waals surface area contributed by atoms with E-state index in [-0.39, 0.29) is 0 Å². The molecule has 0 amide bonds. The first-order valence-electron chi connectivity index (χ1n) is 5.81. The fourth-order valence-electron chi connectivity index (χ4n) is 1.77. The van der Waals surface area contributed by atoms with E-state index in [0.29, 0.717) is 5.76 Å². The van der Waals surface area contributed by atoms with Gasteiger partial charge in [-0.3, -0.25) is 0 Å². The minimum Gasteiger partial charge on any atom is -0.488 e. The van der Waals surface area contributed by atoms with E-state index in [4.69, 9.17) is 4.74 Å². The lowest BCUT2D eigenvalue weighted by Gasteiger charge is -2.28. The van der Waals surface area contributed by atoms with E-state index < -0.39 is 11.2 Å². The molecule has 0 saturated heterocycles. The Morgan fingerprint density at radius 3 is 1.82 bits per heavy atom. The molecule has 0 bridgehead atoms. The maximum atomic E-state index is 9.88. The summed E-state index contributed by atoms with van der Waals surface area (Å²) in [5.41, 5.74) is 0.753. The standard InChI is InChI=1S/C15H22O2/c1-11(2)17-15(5,6)13-9-7-12(8-10-13)14(3,4)16/h7-10,16H,1H2,2-6H3. The van der Waals surface area contributed by atoms with Gasteiger partial charge in [-0.25, -0.2) is 0 Å². The summed E-state index contributed by atoms with van der Waals surface area (Å²) in [5, 5.41) is 9.88. The maximum Gasteiger partial charge on any atom is 0.128 e. The van der Waals surface area contributed by atoms with Gasteiger partial charge in [0.15, 0.2) is 0 Å². The molecule has 94 valence electrons. The van der Waals surface area contributed by atoms with Crippen LogP contribution in [0, 0.1) is 0 Å². The summed E-state index contributed by atoms with van der Waals surface area (Å²) < 4.78 is 5.69. The van der Waals surface area contributed by atoms with Crippen molar-refractivity contribution in [3.8, 4) is 0 Å². The van der Waals surface area contributed by atoms with Gasteiger partial charge in [0.2, 0.25) is 0 Å². The van der Waals surface area contributed by atoms with Crippen LogP contribution in [-0.2, 0) is 15.9 Å². The molecule has 1 N–H and O–H groups in total. The third-order valence-electron chi connectivity index (χ3n) is 2.72. The zero-order chi connectivity index (χ0) is 13.3. The van der Waals surface area contributed by atoms with Gasteiger partial charge in [0.1, 0.15) is 5.60 Å². The fourth-order valence-corrected chi connectivity index (χ4v) is 1.77. The van der Waals surface area contributed by atoms with E-state index in [1.54, 1.807) is 13.8 Å². The molecule has 0 spiro atoms. The molecule has 0 heterocycles. The molecule has 1 aromatic rings.